The molecule has 2 aliphatic rings. The molecule has 0 radical (unpaired) electrons. The number of hydrogen-bond acceptors (Lipinski definition) is 6. The highest BCUT2D eigenvalue weighted by molar-refractivity contribution is 5.83. The van der Waals surface area contributed by atoms with Gasteiger partial charge in [0.15, 0.2) is 0 Å². The van der Waals surface area contributed by atoms with E-state index in [1.165, 1.54) is 24.3 Å². The monoisotopic (exact) mass is 535 g/mol. The first-order valence-electron chi connectivity index (χ1n) is 13.0. The van der Waals surface area contributed by atoms with Gasteiger partial charge in [0.2, 0.25) is 0 Å². The van der Waals surface area contributed by atoms with Gasteiger partial charge in [0.25, 0.3) is 5.60 Å². The standard InChI is InChI=1S/C29H36F3NO5/c1-18(2)11-20-15-33-10-9-19-12-21(16-34)22(17-35)13-24(19)25(33)14-26(20)38-27(36)28(37-3,29(30,31)32)23-7-5-4-6-8-23/h4-8,12-13,18,20,25-26,34-35H,9-11,14-17H2,1-3H3/t20-,25+,26+,28?/m0/s1. The number of esters is 1. The number of carbonyl (C=O) groups excluding carboxylic acids is 1. The number of fused-ring (bicyclic) bond motifs is 3. The minimum absolute atomic E-state index is 0.149. The second kappa shape index (κ2) is 11.3. The lowest BCUT2D eigenvalue weighted by Gasteiger charge is -2.48. The summed E-state index contributed by atoms with van der Waals surface area (Å²) in [5.74, 6) is -1.36. The molecule has 0 aliphatic carbocycles. The molecule has 9 heteroatoms. The van der Waals surface area contributed by atoms with Gasteiger partial charge in [-0.1, -0.05) is 56.3 Å². The molecule has 0 saturated carbocycles. The summed E-state index contributed by atoms with van der Waals surface area (Å²) in [6, 6.07) is 10.5. The van der Waals surface area contributed by atoms with E-state index in [9.17, 15) is 28.2 Å². The molecule has 1 unspecified atom stereocenters. The van der Waals surface area contributed by atoms with E-state index in [2.05, 4.69) is 4.90 Å². The lowest BCUT2D eigenvalue weighted by Crippen LogP contribution is -2.55. The van der Waals surface area contributed by atoms with E-state index in [4.69, 9.17) is 9.47 Å². The Hall–Kier alpha value is -2.46. The largest absolute Gasteiger partial charge is 0.459 e. The fraction of sp³-hybridized carbons (Fsp3) is 0.552. The molecule has 0 amide bonds. The van der Waals surface area contributed by atoms with Crippen LogP contribution in [-0.2, 0) is 39.5 Å². The Morgan fingerprint density at radius 1 is 1.11 bits per heavy atom. The summed E-state index contributed by atoms with van der Waals surface area (Å²) < 4.78 is 54.3. The van der Waals surface area contributed by atoms with Gasteiger partial charge in [-0.25, -0.2) is 4.79 Å². The van der Waals surface area contributed by atoms with E-state index in [0.717, 1.165) is 31.2 Å². The van der Waals surface area contributed by atoms with Crippen molar-refractivity contribution in [3.05, 3.63) is 70.3 Å². The van der Waals surface area contributed by atoms with Crippen LogP contribution in [0, 0.1) is 11.8 Å². The summed E-state index contributed by atoms with van der Waals surface area (Å²) in [5, 5.41) is 19.6. The molecule has 4 rings (SSSR count). The Morgan fingerprint density at radius 3 is 2.34 bits per heavy atom. The first kappa shape index (κ1) is 28.5. The molecular weight excluding hydrogens is 499 g/mol. The molecule has 208 valence electrons. The van der Waals surface area contributed by atoms with Crippen molar-refractivity contribution in [1.82, 2.24) is 4.90 Å². The number of hydrogen-bond donors (Lipinski definition) is 2. The molecule has 2 aromatic rings. The van der Waals surface area contributed by atoms with Crippen molar-refractivity contribution >= 4 is 5.97 Å². The molecule has 2 N–H and O–H groups in total. The highest BCUT2D eigenvalue weighted by Gasteiger charge is 2.64. The average Bonchev–Trinajstić information content (AvgIpc) is 2.88. The Labute approximate surface area is 221 Å². The zero-order valence-corrected chi connectivity index (χ0v) is 22.0. The van der Waals surface area contributed by atoms with Crippen LogP contribution in [0.25, 0.3) is 0 Å². The first-order chi connectivity index (χ1) is 18.0. The third-order valence-corrected chi connectivity index (χ3v) is 7.93. The van der Waals surface area contributed by atoms with Crippen molar-refractivity contribution in [2.45, 2.75) is 70.2 Å². The summed E-state index contributed by atoms with van der Waals surface area (Å²) in [4.78, 5) is 15.8. The van der Waals surface area contributed by atoms with Gasteiger partial charge in [0, 0.05) is 44.1 Å². The van der Waals surface area contributed by atoms with Gasteiger partial charge in [0.1, 0.15) is 6.10 Å². The smallest absolute Gasteiger partial charge is 0.432 e. The van der Waals surface area contributed by atoms with Crippen LogP contribution >= 0.6 is 0 Å². The molecule has 1 fully saturated rings. The lowest BCUT2D eigenvalue weighted by atomic mass is 9.78. The number of methoxy groups -OCH3 is 1. The second-order valence-electron chi connectivity index (χ2n) is 10.7. The molecule has 38 heavy (non-hydrogen) atoms. The summed E-state index contributed by atoms with van der Waals surface area (Å²) >= 11 is 0. The number of aliphatic hydroxyl groups excluding tert-OH is 2. The fourth-order valence-electron chi connectivity index (χ4n) is 6.11. The maximum absolute atomic E-state index is 14.5. The van der Waals surface area contributed by atoms with Crippen molar-refractivity contribution in [2.24, 2.45) is 11.8 Å². The molecule has 2 aromatic carbocycles. The molecule has 4 atom stereocenters. The maximum Gasteiger partial charge on any atom is 0.432 e. The summed E-state index contributed by atoms with van der Waals surface area (Å²) in [6.45, 7) is 4.99. The molecule has 0 aromatic heterocycles. The third-order valence-electron chi connectivity index (χ3n) is 7.93. The molecule has 2 aliphatic heterocycles. The first-order valence-corrected chi connectivity index (χ1v) is 13.0. The maximum atomic E-state index is 14.5. The average molecular weight is 536 g/mol. The minimum Gasteiger partial charge on any atom is -0.459 e. The van der Waals surface area contributed by atoms with Gasteiger partial charge >= 0.3 is 12.1 Å². The second-order valence-corrected chi connectivity index (χ2v) is 10.7. The number of rotatable bonds is 8. The van der Waals surface area contributed by atoms with Crippen LogP contribution in [0.3, 0.4) is 0 Å². The highest BCUT2D eigenvalue weighted by Crippen LogP contribution is 2.46. The van der Waals surface area contributed by atoms with E-state index >= 15 is 0 Å². The third kappa shape index (κ3) is 5.21. The summed E-state index contributed by atoms with van der Waals surface area (Å²) in [5.41, 5.74) is -0.299. The Bertz CT molecular complexity index is 1120. The summed E-state index contributed by atoms with van der Waals surface area (Å²) in [7, 11) is 0.877. The van der Waals surface area contributed by atoms with Crippen molar-refractivity contribution in [1.29, 1.82) is 0 Å². The van der Waals surface area contributed by atoms with Gasteiger partial charge in [-0.2, -0.15) is 13.2 Å². The molecule has 0 spiro atoms. The van der Waals surface area contributed by atoms with Crippen LogP contribution in [0.15, 0.2) is 42.5 Å². The number of alkyl halides is 3. The van der Waals surface area contributed by atoms with Crippen LogP contribution in [0.4, 0.5) is 13.2 Å². The van der Waals surface area contributed by atoms with Gasteiger partial charge in [-0.3, -0.25) is 4.90 Å². The molecular formula is C29H36F3NO5. The van der Waals surface area contributed by atoms with E-state index in [0.29, 0.717) is 30.5 Å². The van der Waals surface area contributed by atoms with Gasteiger partial charge in [-0.15, -0.1) is 0 Å². The van der Waals surface area contributed by atoms with Crippen LogP contribution in [0.5, 0.6) is 0 Å². The van der Waals surface area contributed by atoms with E-state index in [1.807, 2.05) is 26.0 Å². The number of carbonyl (C=O) groups is 1. The highest BCUT2D eigenvalue weighted by atomic mass is 19.4. The molecule has 6 nitrogen and oxygen atoms in total. The van der Waals surface area contributed by atoms with Crippen LogP contribution < -0.4 is 0 Å². The normalized spacial score (nSPS) is 23.4. The van der Waals surface area contributed by atoms with Gasteiger partial charge < -0.3 is 19.7 Å². The number of aliphatic hydroxyl groups is 2. The van der Waals surface area contributed by atoms with E-state index < -0.39 is 23.9 Å². The Morgan fingerprint density at radius 2 is 1.76 bits per heavy atom. The quantitative estimate of drug-likeness (QED) is 0.479. The molecule has 2 heterocycles. The fourth-order valence-corrected chi connectivity index (χ4v) is 6.11. The van der Waals surface area contributed by atoms with Gasteiger partial charge in [0.05, 0.1) is 13.2 Å². The number of piperidine rings is 1. The number of nitrogens with zero attached hydrogens (tertiary/aromatic N) is 1. The SMILES string of the molecule is COC(C(=O)O[C@@H]1C[C@@H]2c3cc(CO)c(CO)cc3CCN2C[C@@H]1CC(C)C)(c1ccccc1)C(F)(F)F. The Kier molecular flexibility index (Phi) is 8.52. The Balaban J connectivity index is 1.70. The van der Waals surface area contributed by atoms with Crippen molar-refractivity contribution in [3.63, 3.8) is 0 Å². The zero-order chi connectivity index (χ0) is 27.7. The summed E-state index contributed by atoms with van der Waals surface area (Å²) in [6.07, 6.45) is -4.02. The zero-order valence-electron chi connectivity index (χ0n) is 22.0. The minimum atomic E-state index is -5.04. The van der Waals surface area contributed by atoms with Crippen molar-refractivity contribution in [3.8, 4) is 0 Å². The van der Waals surface area contributed by atoms with Crippen molar-refractivity contribution in [2.75, 3.05) is 20.2 Å². The van der Waals surface area contributed by atoms with Gasteiger partial charge in [-0.05, 0) is 41.0 Å². The molecule has 0 bridgehead atoms. The predicted octanol–water partition coefficient (Wildman–Crippen LogP) is 4.65. The van der Waals surface area contributed by atoms with E-state index in [-0.39, 0.29) is 36.7 Å². The van der Waals surface area contributed by atoms with Crippen LogP contribution in [0.1, 0.15) is 60.5 Å². The van der Waals surface area contributed by atoms with Crippen molar-refractivity contribution < 1.29 is 37.7 Å². The number of benzene rings is 2. The number of halogens is 3. The predicted molar refractivity (Wildman–Crippen MR) is 135 cm³/mol. The molecule has 1 saturated heterocycles. The van der Waals surface area contributed by atoms with E-state index in [1.54, 1.807) is 6.07 Å². The lowest BCUT2D eigenvalue weighted by molar-refractivity contribution is -0.280. The number of ether oxygens (including phenoxy) is 2. The van der Waals surface area contributed by atoms with Crippen LogP contribution in [-0.4, -0.2) is 53.6 Å². The topological polar surface area (TPSA) is 79.2 Å². The van der Waals surface area contributed by atoms with Crippen LogP contribution in [0.2, 0.25) is 0 Å².